The lowest BCUT2D eigenvalue weighted by atomic mass is 10.1. The molecule has 0 aromatic carbocycles. The summed E-state index contributed by atoms with van der Waals surface area (Å²) >= 11 is 7.18. The van der Waals surface area contributed by atoms with Crippen LogP contribution >= 0.6 is 22.9 Å². The van der Waals surface area contributed by atoms with Crippen LogP contribution in [0.4, 0.5) is 4.39 Å². The minimum absolute atomic E-state index is 0.584. The highest BCUT2D eigenvalue weighted by Crippen LogP contribution is 2.19. The van der Waals surface area contributed by atoms with E-state index < -0.39 is 6.17 Å². The number of hydrogen-bond donors (Lipinski definition) is 0. The summed E-state index contributed by atoms with van der Waals surface area (Å²) in [6.07, 6.45) is 0.695. The zero-order valence-electron chi connectivity index (χ0n) is 7.75. The lowest BCUT2D eigenvalue weighted by Gasteiger charge is -2.27. The van der Waals surface area contributed by atoms with Crippen molar-refractivity contribution >= 4 is 22.9 Å². The second kappa shape index (κ2) is 4.55. The summed E-state index contributed by atoms with van der Waals surface area (Å²) in [7, 11) is 0. The molecule has 1 fully saturated rings. The number of likely N-dealkylation sites (tertiary alicyclic amines) is 1. The number of alkyl halides is 1. The van der Waals surface area contributed by atoms with Gasteiger partial charge in [-0.15, -0.1) is 11.3 Å². The maximum atomic E-state index is 12.8. The Morgan fingerprint density at radius 1 is 1.57 bits per heavy atom. The van der Waals surface area contributed by atoms with Gasteiger partial charge >= 0.3 is 0 Å². The third kappa shape index (κ3) is 2.65. The SMILES string of the molecule is FC1CCN(Cc2csc(Cl)n2)CC1. The van der Waals surface area contributed by atoms with Gasteiger partial charge < -0.3 is 0 Å². The molecule has 2 rings (SSSR count). The topological polar surface area (TPSA) is 16.1 Å². The van der Waals surface area contributed by atoms with E-state index in [1.165, 1.54) is 11.3 Å². The van der Waals surface area contributed by atoms with Crippen LogP contribution in [0.2, 0.25) is 4.47 Å². The summed E-state index contributed by atoms with van der Waals surface area (Å²) in [6, 6.07) is 0. The molecule has 0 spiro atoms. The molecule has 0 amide bonds. The molecule has 0 bridgehead atoms. The number of nitrogens with zero attached hydrogens (tertiary/aromatic N) is 2. The predicted octanol–water partition coefficient (Wildman–Crippen LogP) is 2.73. The summed E-state index contributed by atoms with van der Waals surface area (Å²) in [5.74, 6) is 0. The van der Waals surface area contributed by atoms with Crippen LogP contribution in [0.3, 0.4) is 0 Å². The molecule has 14 heavy (non-hydrogen) atoms. The highest BCUT2D eigenvalue weighted by molar-refractivity contribution is 7.13. The summed E-state index contributed by atoms with van der Waals surface area (Å²) in [5, 5.41) is 1.96. The zero-order valence-corrected chi connectivity index (χ0v) is 9.32. The van der Waals surface area contributed by atoms with E-state index in [1.807, 2.05) is 5.38 Å². The minimum Gasteiger partial charge on any atom is -0.297 e. The van der Waals surface area contributed by atoms with Crippen molar-refractivity contribution in [3.05, 3.63) is 15.5 Å². The molecule has 0 N–H and O–H groups in total. The van der Waals surface area contributed by atoms with Crippen LogP contribution in [0.1, 0.15) is 18.5 Å². The molecule has 2 nitrogen and oxygen atoms in total. The van der Waals surface area contributed by atoms with Crippen molar-refractivity contribution in [1.29, 1.82) is 0 Å². The summed E-state index contributed by atoms with van der Waals surface area (Å²) in [6.45, 7) is 2.46. The summed E-state index contributed by atoms with van der Waals surface area (Å²) in [4.78, 5) is 6.40. The second-order valence-corrected chi connectivity index (χ2v) is 4.98. The first-order chi connectivity index (χ1) is 6.74. The number of hydrogen-bond acceptors (Lipinski definition) is 3. The van der Waals surface area contributed by atoms with Gasteiger partial charge in [-0.3, -0.25) is 4.90 Å². The fraction of sp³-hybridized carbons (Fsp3) is 0.667. The van der Waals surface area contributed by atoms with Crippen LogP contribution in [0.15, 0.2) is 5.38 Å². The molecular weight excluding hydrogens is 223 g/mol. The van der Waals surface area contributed by atoms with Gasteiger partial charge in [0.2, 0.25) is 0 Å². The van der Waals surface area contributed by atoms with Crippen molar-refractivity contribution in [3.63, 3.8) is 0 Å². The van der Waals surface area contributed by atoms with Crippen molar-refractivity contribution in [3.8, 4) is 0 Å². The Labute approximate surface area is 91.7 Å². The zero-order chi connectivity index (χ0) is 9.97. The maximum absolute atomic E-state index is 12.8. The molecule has 2 heterocycles. The molecule has 0 radical (unpaired) electrons. The highest BCUT2D eigenvalue weighted by Gasteiger charge is 2.18. The quantitative estimate of drug-likeness (QED) is 0.782. The molecular formula is C9H12ClFN2S. The molecule has 1 aromatic rings. The molecule has 0 unspecified atom stereocenters. The van der Waals surface area contributed by atoms with Crippen molar-refractivity contribution in [1.82, 2.24) is 9.88 Å². The van der Waals surface area contributed by atoms with E-state index in [0.29, 0.717) is 17.3 Å². The number of thiazole rings is 1. The lowest BCUT2D eigenvalue weighted by molar-refractivity contribution is 0.144. The van der Waals surface area contributed by atoms with Gasteiger partial charge in [0.15, 0.2) is 4.47 Å². The number of aromatic nitrogens is 1. The van der Waals surface area contributed by atoms with Gasteiger partial charge in [-0.1, -0.05) is 11.6 Å². The van der Waals surface area contributed by atoms with Crippen molar-refractivity contribution < 1.29 is 4.39 Å². The number of rotatable bonds is 2. The van der Waals surface area contributed by atoms with Gasteiger partial charge in [0.25, 0.3) is 0 Å². The van der Waals surface area contributed by atoms with Gasteiger partial charge in [-0.25, -0.2) is 9.37 Å². The largest absolute Gasteiger partial charge is 0.297 e. The van der Waals surface area contributed by atoms with Gasteiger partial charge in [0.1, 0.15) is 6.17 Å². The van der Waals surface area contributed by atoms with Crippen LogP contribution in [0.25, 0.3) is 0 Å². The highest BCUT2D eigenvalue weighted by atomic mass is 35.5. The normalized spacial score (nSPS) is 20.1. The summed E-state index contributed by atoms with van der Waals surface area (Å²) in [5.41, 5.74) is 0.998. The van der Waals surface area contributed by atoms with Crippen LogP contribution in [0, 0.1) is 0 Å². The fourth-order valence-electron chi connectivity index (χ4n) is 1.64. The van der Waals surface area contributed by atoms with Gasteiger partial charge in [-0.2, -0.15) is 0 Å². The first kappa shape index (κ1) is 10.3. The standard InChI is InChI=1S/C9H12ClFN2S/c10-9-12-8(6-14-9)5-13-3-1-7(11)2-4-13/h6-7H,1-5H2. The molecule has 1 aliphatic rings. The average molecular weight is 235 g/mol. The molecule has 78 valence electrons. The monoisotopic (exact) mass is 234 g/mol. The van der Waals surface area contributed by atoms with E-state index in [0.717, 1.165) is 25.3 Å². The Morgan fingerprint density at radius 2 is 2.29 bits per heavy atom. The maximum Gasteiger partial charge on any atom is 0.183 e. The van der Waals surface area contributed by atoms with Crippen LogP contribution in [0.5, 0.6) is 0 Å². The Hall–Kier alpha value is -0.190. The van der Waals surface area contributed by atoms with Crippen molar-refractivity contribution in [2.24, 2.45) is 0 Å². The van der Waals surface area contributed by atoms with Gasteiger partial charge in [0, 0.05) is 25.0 Å². The van der Waals surface area contributed by atoms with E-state index in [4.69, 9.17) is 11.6 Å². The van der Waals surface area contributed by atoms with Gasteiger partial charge in [0.05, 0.1) is 5.69 Å². The molecule has 1 aromatic heterocycles. The van der Waals surface area contributed by atoms with Crippen LogP contribution in [-0.2, 0) is 6.54 Å². The lowest BCUT2D eigenvalue weighted by Crippen LogP contribution is -2.33. The number of piperidine rings is 1. The van der Waals surface area contributed by atoms with Crippen LogP contribution < -0.4 is 0 Å². The van der Waals surface area contributed by atoms with Crippen molar-refractivity contribution in [2.45, 2.75) is 25.6 Å². The van der Waals surface area contributed by atoms with E-state index in [-0.39, 0.29) is 0 Å². The Bertz CT molecular complexity index is 297. The first-order valence-electron chi connectivity index (χ1n) is 4.70. The molecule has 1 aliphatic heterocycles. The average Bonchev–Trinajstić information content (AvgIpc) is 2.56. The Kier molecular flexibility index (Phi) is 3.36. The van der Waals surface area contributed by atoms with E-state index >= 15 is 0 Å². The first-order valence-corrected chi connectivity index (χ1v) is 5.96. The molecule has 0 saturated carbocycles. The van der Waals surface area contributed by atoms with E-state index in [9.17, 15) is 4.39 Å². The minimum atomic E-state index is -0.606. The van der Waals surface area contributed by atoms with E-state index in [2.05, 4.69) is 9.88 Å². The smallest absolute Gasteiger partial charge is 0.183 e. The molecule has 0 aliphatic carbocycles. The summed E-state index contributed by atoms with van der Waals surface area (Å²) < 4.78 is 13.4. The fourth-order valence-corrected chi connectivity index (χ4v) is 2.42. The molecule has 5 heteroatoms. The number of halogens is 2. The molecule has 0 atom stereocenters. The molecule has 1 saturated heterocycles. The Balaban J connectivity index is 1.86. The van der Waals surface area contributed by atoms with Crippen molar-refractivity contribution in [2.75, 3.05) is 13.1 Å². The van der Waals surface area contributed by atoms with Crippen LogP contribution in [-0.4, -0.2) is 29.1 Å². The predicted molar refractivity (Wildman–Crippen MR) is 56.5 cm³/mol. The third-order valence-electron chi connectivity index (χ3n) is 2.43. The van der Waals surface area contributed by atoms with E-state index in [1.54, 1.807) is 0 Å². The second-order valence-electron chi connectivity index (χ2n) is 3.54. The Morgan fingerprint density at radius 3 is 2.86 bits per heavy atom. The van der Waals surface area contributed by atoms with Gasteiger partial charge in [-0.05, 0) is 12.8 Å². The third-order valence-corrected chi connectivity index (χ3v) is 3.45.